The number of fused-ring (bicyclic) bond motifs is 2. The first kappa shape index (κ1) is 24.0. The van der Waals surface area contributed by atoms with Crippen molar-refractivity contribution < 1.29 is 27.1 Å². The Labute approximate surface area is 219 Å². The Morgan fingerprint density at radius 2 is 1.74 bits per heavy atom. The molecule has 38 heavy (non-hydrogen) atoms. The fraction of sp³-hybridized carbons (Fsp3) is 0.222. The van der Waals surface area contributed by atoms with Gasteiger partial charge in [0, 0.05) is 12.1 Å². The molecule has 4 aromatic rings. The number of rotatable bonds is 6. The van der Waals surface area contributed by atoms with Gasteiger partial charge in [0.05, 0.1) is 17.0 Å². The van der Waals surface area contributed by atoms with Gasteiger partial charge in [0.1, 0.15) is 13.2 Å². The van der Waals surface area contributed by atoms with Crippen LogP contribution < -0.4 is 19.1 Å². The standard InChI is InChI=1S/C27H24N4O6S/c32-26(28-27-30-29-25(37-27)17-18-7-12-23-24(16-18)36-15-14-35-23)20-8-10-21(11-9-20)38(33,34)31-13-3-5-19-4-1-2-6-22(19)31/h1-2,4,6-12,16H,3,5,13-15,17H2,(H,28,30,32). The summed E-state index contributed by atoms with van der Waals surface area (Å²) in [5.74, 6) is 1.18. The van der Waals surface area contributed by atoms with E-state index in [1.807, 2.05) is 42.5 Å². The lowest BCUT2D eigenvalue weighted by Gasteiger charge is -2.30. The lowest BCUT2D eigenvalue weighted by Crippen LogP contribution is -2.35. The number of hydrogen-bond acceptors (Lipinski definition) is 8. The first-order valence-corrected chi connectivity index (χ1v) is 13.6. The normalized spacial score (nSPS) is 14.6. The zero-order valence-electron chi connectivity index (χ0n) is 20.3. The minimum absolute atomic E-state index is 0.0517. The third kappa shape index (κ3) is 4.68. The Morgan fingerprint density at radius 3 is 2.58 bits per heavy atom. The summed E-state index contributed by atoms with van der Waals surface area (Å²) in [6.07, 6.45) is 1.94. The molecule has 0 radical (unpaired) electrons. The molecule has 0 aliphatic carbocycles. The highest BCUT2D eigenvalue weighted by molar-refractivity contribution is 7.92. The number of ether oxygens (including phenoxy) is 2. The van der Waals surface area contributed by atoms with E-state index >= 15 is 0 Å². The molecule has 10 nitrogen and oxygen atoms in total. The van der Waals surface area contributed by atoms with Crippen LogP contribution in [-0.2, 0) is 22.9 Å². The van der Waals surface area contributed by atoms with Gasteiger partial charge in [0.2, 0.25) is 5.89 Å². The van der Waals surface area contributed by atoms with Crippen molar-refractivity contribution in [3.05, 3.63) is 89.3 Å². The molecule has 0 saturated heterocycles. The van der Waals surface area contributed by atoms with Crippen LogP contribution in [0.2, 0.25) is 0 Å². The number of sulfonamides is 1. The van der Waals surface area contributed by atoms with Crippen LogP contribution in [-0.4, -0.2) is 44.3 Å². The smallest absolute Gasteiger partial charge is 0.322 e. The maximum atomic E-state index is 13.3. The molecule has 0 unspecified atom stereocenters. The van der Waals surface area contributed by atoms with E-state index in [1.54, 1.807) is 0 Å². The van der Waals surface area contributed by atoms with Gasteiger partial charge in [-0.2, -0.15) is 0 Å². The number of benzene rings is 3. The Kier molecular flexibility index (Phi) is 6.20. The second kappa shape index (κ2) is 9.82. The van der Waals surface area contributed by atoms with Gasteiger partial charge in [-0.05, 0) is 66.4 Å². The number of aryl methyl sites for hydroxylation is 1. The van der Waals surface area contributed by atoms with Crippen molar-refractivity contribution in [2.75, 3.05) is 29.4 Å². The maximum Gasteiger partial charge on any atom is 0.322 e. The van der Waals surface area contributed by atoms with Crippen molar-refractivity contribution in [1.29, 1.82) is 0 Å². The molecule has 194 valence electrons. The number of nitrogens with zero attached hydrogens (tertiary/aromatic N) is 3. The molecule has 6 rings (SSSR count). The van der Waals surface area contributed by atoms with Gasteiger partial charge in [-0.3, -0.25) is 14.4 Å². The number of hydrogen-bond donors (Lipinski definition) is 1. The van der Waals surface area contributed by atoms with Gasteiger partial charge < -0.3 is 13.9 Å². The number of nitrogens with one attached hydrogen (secondary N) is 1. The van der Waals surface area contributed by atoms with Gasteiger partial charge in [-0.1, -0.05) is 29.4 Å². The van der Waals surface area contributed by atoms with Gasteiger partial charge >= 0.3 is 6.01 Å². The molecule has 1 aromatic heterocycles. The zero-order valence-corrected chi connectivity index (χ0v) is 21.1. The van der Waals surface area contributed by atoms with Crippen LogP contribution in [0.25, 0.3) is 0 Å². The molecular formula is C27H24N4O6S. The van der Waals surface area contributed by atoms with Gasteiger partial charge in [-0.15, -0.1) is 5.10 Å². The van der Waals surface area contributed by atoms with Crippen LogP contribution in [0.4, 0.5) is 11.7 Å². The Morgan fingerprint density at radius 1 is 0.947 bits per heavy atom. The van der Waals surface area contributed by atoms with E-state index in [2.05, 4.69) is 15.5 Å². The topological polar surface area (TPSA) is 124 Å². The van der Waals surface area contributed by atoms with E-state index in [1.165, 1.54) is 28.6 Å². The highest BCUT2D eigenvalue weighted by atomic mass is 32.2. The van der Waals surface area contributed by atoms with Crippen LogP contribution in [0.3, 0.4) is 0 Å². The van der Waals surface area contributed by atoms with Crippen LogP contribution in [0.5, 0.6) is 11.5 Å². The summed E-state index contributed by atoms with van der Waals surface area (Å²) in [6, 6.07) is 18.8. The summed E-state index contributed by atoms with van der Waals surface area (Å²) < 4.78 is 44.8. The highest BCUT2D eigenvalue weighted by Crippen LogP contribution is 2.33. The summed E-state index contributed by atoms with van der Waals surface area (Å²) in [5.41, 5.74) is 2.86. The molecule has 0 atom stereocenters. The quantitative estimate of drug-likeness (QED) is 0.397. The number of amides is 1. The number of carbonyl (C=O) groups is 1. The molecule has 0 spiro atoms. The molecule has 3 heterocycles. The molecule has 2 aliphatic rings. The largest absolute Gasteiger partial charge is 0.486 e. The maximum absolute atomic E-state index is 13.3. The number of aromatic nitrogens is 2. The van der Waals surface area contributed by atoms with Crippen molar-refractivity contribution >= 4 is 27.6 Å². The summed E-state index contributed by atoms with van der Waals surface area (Å²) in [6.45, 7) is 1.42. The van der Waals surface area contributed by atoms with Crippen LogP contribution in [0.15, 0.2) is 76.0 Å². The average molecular weight is 533 g/mol. The summed E-state index contributed by atoms with van der Waals surface area (Å²) >= 11 is 0. The molecule has 1 amide bonds. The Bertz CT molecular complexity index is 1600. The lowest BCUT2D eigenvalue weighted by molar-refractivity contribution is 0.102. The summed E-state index contributed by atoms with van der Waals surface area (Å²) in [4.78, 5) is 12.9. The molecular weight excluding hydrogens is 508 g/mol. The first-order chi connectivity index (χ1) is 18.5. The average Bonchev–Trinajstić information content (AvgIpc) is 3.39. The van der Waals surface area contributed by atoms with Crippen molar-refractivity contribution in [3.63, 3.8) is 0 Å². The molecule has 0 fully saturated rings. The third-order valence-electron chi connectivity index (χ3n) is 6.42. The van der Waals surface area contributed by atoms with E-state index < -0.39 is 15.9 Å². The van der Waals surface area contributed by atoms with E-state index in [0.29, 0.717) is 49.3 Å². The summed E-state index contributed by atoms with van der Waals surface area (Å²) in [5, 5.41) is 10.5. The van der Waals surface area contributed by atoms with Crippen LogP contribution in [0.1, 0.15) is 33.8 Å². The highest BCUT2D eigenvalue weighted by Gasteiger charge is 2.29. The number of anilines is 2. The van der Waals surface area contributed by atoms with Crippen molar-refractivity contribution in [2.24, 2.45) is 0 Å². The molecule has 3 aromatic carbocycles. The summed E-state index contributed by atoms with van der Waals surface area (Å²) in [7, 11) is -3.77. The van der Waals surface area contributed by atoms with Gasteiger partial charge in [-0.25, -0.2) is 8.42 Å². The number of carbonyl (C=O) groups excluding carboxylic acids is 1. The van der Waals surface area contributed by atoms with E-state index in [4.69, 9.17) is 13.9 Å². The minimum atomic E-state index is -3.77. The lowest BCUT2D eigenvalue weighted by atomic mass is 10.0. The van der Waals surface area contributed by atoms with Crippen LogP contribution >= 0.6 is 0 Å². The molecule has 0 saturated carbocycles. The molecule has 1 N–H and O–H groups in total. The third-order valence-corrected chi connectivity index (χ3v) is 8.25. The fourth-order valence-corrected chi connectivity index (χ4v) is 6.11. The van der Waals surface area contributed by atoms with Crippen molar-refractivity contribution in [3.8, 4) is 11.5 Å². The van der Waals surface area contributed by atoms with Gasteiger partial charge in [0.25, 0.3) is 15.9 Å². The Balaban J connectivity index is 1.12. The van der Waals surface area contributed by atoms with E-state index in [-0.39, 0.29) is 16.5 Å². The molecule has 0 bridgehead atoms. The Hall–Kier alpha value is -4.38. The monoisotopic (exact) mass is 532 g/mol. The molecule has 11 heteroatoms. The van der Waals surface area contributed by atoms with E-state index in [9.17, 15) is 13.2 Å². The zero-order chi connectivity index (χ0) is 26.1. The van der Waals surface area contributed by atoms with Crippen molar-refractivity contribution in [2.45, 2.75) is 24.2 Å². The van der Waals surface area contributed by atoms with Gasteiger partial charge in [0.15, 0.2) is 11.5 Å². The fourth-order valence-electron chi connectivity index (χ4n) is 4.57. The second-order valence-corrected chi connectivity index (χ2v) is 10.8. The predicted octanol–water partition coefficient (Wildman–Crippen LogP) is 3.83. The SMILES string of the molecule is O=C(Nc1nnc(Cc2ccc3c(c2)OCCO3)o1)c1ccc(S(=O)(=O)N2CCCc3ccccc32)cc1. The minimum Gasteiger partial charge on any atom is -0.486 e. The predicted molar refractivity (Wildman–Crippen MR) is 138 cm³/mol. The number of para-hydroxylation sites is 1. The molecule has 2 aliphatic heterocycles. The van der Waals surface area contributed by atoms with Crippen molar-refractivity contribution in [1.82, 2.24) is 10.2 Å². The first-order valence-electron chi connectivity index (χ1n) is 12.2. The van der Waals surface area contributed by atoms with Crippen LogP contribution in [0, 0.1) is 0 Å². The second-order valence-electron chi connectivity index (χ2n) is 8.94. The van der Waals surface area contributed by atoms with E-state index in [0.717, 1.165) is 24.0 Å².